The molecule has 178 valence electrons. The largest absolute Gasteiger partial charge is 0.364 e. The second-order valence-corrected chi connectivity index (χ2v) is 8.22. The normalized spacial score (nSPS) is 11.6. The van der Waals surface area contributed by atoms with Crippen molar-refractivity contribution in [2.24, 2.45) is 10.2 Å². The molecule has 10 nitrogen and oxygen atoms in total. The van der Waals surface area contributed by atoms with Crippen LogP contribution in [-0.2, 0) is 0 Å². The van der Waals surface area contributed by atoms with Gasteiger partial charge in [0.15, 0.2) is 11.6 Å². The standard InChI is InChI=1S/C26H22N8O2/c1-17-3-11-21(12-4-17)23-29-31-25(35)33(23)27-15-19-7-9-20(10-8-19)16-28-34-24(30-32-26(34)36)22-13-5-18(2)6-14-22/h3-16H,1-2H3,(H,31,35)(H,32,36)/b27-15+,28-16+. The summed E-state index contributed by atoms with van der Waals surface area (Å²) < 4.78 is 2.44. The van der Waals surface area contributed by atoms with Crippen LogP contribution in [0.4, 0.5) is 0 Å². The van der Waals surface area contributed by atoms with Crippen LogP contribution in [0.3, 0.4) is 0 Å². The molecule has 0 unspecified atom stereocenters. The Kier molecular flexibility index (Phi) is 6.06. The maximum atomic E-state index is 12.2. The number of benzene rings is 3. The Balaban J connectivity index is 1.35. The first-order chi connectivity index (χ1) is 17.5. The Morgan fingerprint density at radius 3 is 1.33 bits per heavy atom. The van der Waals surface area contributed by atoms with Gasteiger partial charge in [-0.05, 0) is 25.0 Å². The molecular formula is C26H22N8O2. The Morgan fingerprint density at radius 2 is 0.972 bits per heavy atom. The third kappa shape index (κ3) is 4.73. The first-order valence-corrected chi connectivity index (χ1v) is 11.2. The number of nitrogens with zero attached hydrogens (tertiary/aromatic N) is 6. The lowest BCUT2D eigenvalue weighted by atomic mass is 10.1. The lowest BCUT2D eigenvalue weighted by Gasteiger charge is -2.01. The van der Waals surface area contributed by atoms with E-state index < -0.39 is 11.4 Å². The average Bonchev–Trinajstić information content (AvgIpc) is 3.45. The molecule has 0 aliphatic rings. The molecule has 0 amide bonds. The smallest absolute Gasteiger partial charge is 0.244 e. The SMILES string of the molecule is Cc1ccc(-c2n[nH]c(=O)n2/N=C/c2ccc(/C=N/n3c(-c4ccc(C)cc4)n[nH]c3=O)cc2)cc1. The van der Waals surface area contributed by atoms with Crippen molar-refractivity contribution in [2.75, 3.05) is 0 Å². The van der Waals surface area contributed by atoms with Crippen molar-refractivity contribution in [3.8, 4) is 22.8 Å². The summed E-state index contributed by atoms with van der Waals surface area (Å²) in [5.74, 6) is 0.852. The number of rotatable bonds is 6. The third-order valence-electron chi connectivity index (χ3n) is 5.50. The first-order valence-electron chi connectivity index (χ1n) is 11.2. The van der Waals surface area contributed by atoms with Gasteiger partial charge in [0, 0.05) is 11.1 Å². The predicted molar refractivity (Wildman–Crippen MR) is 138 cm³/mol. The van der Waals surface area contributed by atoms with Crippen LogP contribution in [-0.4, -0.2) is 42.2 Å². The summed E-state index contributed by atoms with van der Waals surface area (Å²) in [6.07, 6.45) is 3.15. The molecule has 0 fully saturated rings. The molecule has 2 aromatic heterocycles. The molecule has 0 bridgehead atoms. The van der Waals surface area contributed by atoms with Crippen LogP contribution in [0.1, 0.15) is 22.3 Å². The fourth-order valence-corrected chi connectivity index (χ4v) is 3.49. The molecule has 2 N–H and O–H groups in total. The van der Waals surface area contributed by atoms with Gasteiger partial charge >= 0.3 is 11.4 Å². The maximum Gasteiger partial charge on any atom is 0.364 e. The van der Waals surface area contributed by atoms with Gasteiger partial charge in [0.05, 0.1) is 12.4 Å². The monoisotopic (exact) mass is 478 g/mol. The van der Waals surface area contributed by atoms with Gasteiger partial charge in [-0.3, -0.25) is 0 Å². The van der Waals surface area contributed by atoms with E-state index in [4.69, 9.17) is 0 Å². The van der Waals surface area contributed by atoms with Gasteiger partial charge in [0.1, 0.15) is 0 Å². The number of hydrogen-bond acceptors (Lipinski definition) is 6. The van der Waals surface area contributed by atoms with E-state index in [1.807, 2.05) is 86.6 Å². The van der Waals surface area contributed by atoms with Crippen molar-refractivity contribution < 1.29 is 0 Å². The number of hydrogen-bond donors (Lipinski definition) is 2. The van der Waals surface area contributed by atoms with E-state index >= 15 is 0 Å². The molecule has 0 atom stereocenters. The van der Waals surface area contributed by atoms with E-state index in [9.17, 15) is 9.59 Å². The van der Waals surface area contributed by atoms with Gasteiger partial charge in [0.25, 0.3) is 0 Å². The van der Waals surface area contributed by atoms with Gasteiger partial charge in [-0.25, -0.2) is 19.8 Å². The number of aromatic nitrogens is 6. The Hall–Kier alpha value is -5.12. The van der Waals surface area contributed by atoms with E-state index in [-0.39, 0.29) is 0 Å². The number of aromatic amines is 2. The summed E-state index contributed by atoms with van der Waals surface area (Å²) in [6.45, 7) is 3.98. The van der Waals surface area contributed by atoms with Crippen molar-refractivity contribution in [1.82, 2.24) is 29.7 Å². The van der Waals surface area contributed by atoms with Crippen molar-refractivity contribution >= 4 is 12.4 Å². The van der Waals surface area contributed by atoms with Crippen LogP contribution in [0.5, 0.6) is 0 Å². The molecule has 5 rings (SSSR count). The quantitative estimate of drug-likeness (QED) is 0.364. The van der Waals surface area contributed by atoms with Gasteiger partial charge in [-0.1, -0.05) is 83.9 Å². The summed E-state index contributed by atoms with van der Waals surface area (Å²) in [7, 11) is 0. The van der Waals surface area contributed by atoms with E-state index in [0.29, 0.717) is 11.6 Å². The first kappa shape index (κ1) is 22.7. The zero-order chi connectivity index (χ0) is 25.1. The lowest BCUT2D eigenvalue weighted by molar-refractivity contribution is 0.842. The molecule has 0 aliphatic heterocycles. The molecule has 0 aliphatic carbocycles. The maximum absolute atomic E-state index is 12.2. The Labute approximate surface area is 205 Å². The van der Waals surface area contributed by atoms with Crippen LogP contribution >= 0.6 is 0 Å². The average molecular weight is 479 g/mol. The number of H-pyrrole nitrogens is 2. The summed E-state index contributed by atoms with van der Waals surface area (Å²) in [5.41, 5.74) is 4.47. The van der Waals surface area contributed by atoms with Gasteiger partial charge < -0.3 is 0 Å². The molecule has 3 aromatic carbocycles. The molecule has 0 radical (unpaired) electrons. The van der Waals surface area contributed by atoms with Crippen molar-refractivity contribution in [1.29, 1.82) is 0 Å². The van der Waals surface area contributed by atoms with Crippen LogP contribution < -0.4 is 11.4 Å². The molecule has 5 aromatic rings. The molecule has 36 heavy (non-hydrogen) atoms. The van der Waals surface area contributed by atoms with Gasteiger partial charge in [-0.2, -0.15) is 29.8 Å². The molecule has 0 spiro atoms. The second kappa shape index (κ2) is 9.63. The molecule has 0 saturated heterocycles. The van der Waals surface area contributed by atoms with Crippen molar-refractivity contribution in [2.45, 2.75) is 13.8 Å². The van der Waals surface area contributed by atoms with Crippen LogP contribution in [0.2, 0.25) is 0 Å². The topological polar surface area (TPSA) is 126 Å². The third-order valence-corrected chi connectivity index (χ3v) is 5.50. The highest BCUT2D eigenvalue weighted by Crippen LogP contribution is 2.17. The Bertz CT molecular complexity index is 1540. The molecular weight excluding hydrogens is 456 g/mol. The zero-order valence-electron chi connectivity index (χ0n) is 19.6. The fourth-order valence-electron chi connectivity index (χ4n) is 3.49. The second-order valence-electron chi connectivity index (χ2n) is 8.22. The summed E-state index contributed by atoms with van der Waals surface area (Å²) >= 11 is 0. The predicted octanol–water partition coefficient (Wildman–Crippen LogP) is 3.17. The van der Waals surface area contributed by atoms with E-state index in [1.165, 1.54) is 9.35 Å². The van der Waals surface area contributed by atoms with Crippen LogP contribution in [0.25, 0.3) is 22.8 Å². The van der Waals surface area contributed by atoms with Gasteiger partial charge in [-0.15, -0.1) is 0 Å². The van der Waals surface area contributed by atoms with E-state index in [2.05, 4.69) is 30.6 Å². The minimum absolute atomic E-state index is 0.426. The summed E-state index contributed by atoms with van der Waals surface area (Å²) in [4.78, 5) is 24.4. The highest BCUT2D eigenvalue weighted by molar-refractivity contribution is 5.84. The zero-order valence-corrected chi connectivity index (χ0v) is 19.6. The minimum atomic E-state index is -0.430. The van der Waals surface area contributed by atoms with E-state index in [1.54, 1.807) is 12.4 Å². The van der Waals surface area contributed by atoms with Crippen molar-refractivity contribution in [3.05, 3.63) is 116 Å². The fraction of sp³-hybridized carbons (Fsp3) is 0.0769. The minimum Gasteiger partial charge on any atom is -0.244 e. The summed E-state index contributed by atoms with van der Waals surface area (Å²) in [5, 5.41) is 21.7. The van der Waals surface area contributed by atoms with Crippen LogP contribution in [0.15, 0.2) is 92.6 Å². The highest BCUT2D eigenvalue weighted by Gasteiger charge is 2.10. The molecule has 0 saturated carbocycles. The van der Waals surface area contributed by atoms with E-state index in [0.717, 1.165) is 33.4 Å². The lowest BCUT2D eigenvalue weighted by Crippen LogP contribution is -2.13. The number of nitrogens with one attached hydrogen (secondary N) is 2. The molecule has 2 heterocycles. The number of aryl methyl sites for hydroxylation is 2. The molecule has 10 heteroatoms. The van der Waals surface area contributed by atoms with Crippen LogP contribution in [0, 0.1) is 13.8 Å². The van der Waals surface area contributed by atoms with Crippen molar-refractivity contribution in [3.63, 3.8) is 0 Å². The highest BCUT2D eigenvalue weighted by atomic mass is 16.2. The van der Waals surface area contributed by atoms with Gasteiger partial charge in [0.2, 0.25) is 0 Å². The summed E-state index contributed by atoms with van der Waals surface area (Å²) in [6, 6.07) is 22.7. The Morgan fingerprint density at radius 1 is 0.611 bits per heavy atom.